The van der Waals surface area contributed by atoms with Gasteiger partial charge in [-0.15, -0.1) is 0 Å². The van der Waals surface area contributed by atoms with Crippen molar-refractivity contribution in [1.29, 1.82) is 0 Å². The molecule has 2 fully saturated rings. The van der Waals surface area contributed by atoms with Crippen molar-refractivity contribution in [1.82, 2.24) is 10.2 Å². The molecule has 1 unspecified atom stereocenters. The molecule has 2 rings (SSSR count). The van der Waals surface area contributed by atoms with Gasteiger partial charge in [0, 0.05) is 18.6 Å². The van der Waals surface area contributed by atoms with Crippen LogP contribution >= 0.6 is 0 Å². The molecule has 0 aromatic rings. The molecule has 1 aliphatic carbocycles. The lowest BCUT2D eigenvalue weighted by Gasteiger charge is -2.16. The molecule has 2 nitrogen and oxygen atoms in total. The highest BCUT2D eigenvalue weighted by Crippen LogP contribution is 2.22. The van der Waals surface area contributed by atoms with E-state index in [9.17, 15) is 0 Å². The zero-order valence-electron chi connectivity index (χ0n) is 9.47. The van der Waals surface area contributed by atoms with Crippen molar-refractivity contribution >= 4 is 0 Å². The summed E-state index contributed by atoms with van der Waals surface area (Å²) in [6.45, 7) is 6.24. The molecule has 1 saturated heterocycles. The van der Waals surface area contributed by atoms with Crippen molar-refractivity contribution in [3.63, 3.8) is 0 Å². The van der Waals surface area contributed by atoms with E-state index in [4.69, 9.17) is 0 Å². The monoisotopic (exact) mass is 196 g/mol. The molecule has 1 heterocycles. The minimum absolute atomic E-state index is 0.809. The molecular formula is C12H24N2. The predicted molar refractivity (Wildman–Crippen MR) is 60.5 cm³/mol. The van der Waals surface area contributed by atoms with Crippen LogP contribution in [0.15, 0.2) is 0 Å². The Balaban J connectivity index is 1.56. The molecule has 0 aromatic heterocycles. The maximum atomic E-state index is 3.73. The lowest BCUT2D eigenvalue weighted by atomic mass is 10.2. The Hall–Kier alpha value is -0.0800. The van der Waals surface area contributed by atoms with Crippen LogP contribution in [0.2, 0.25) is 0 Å². The summed E-state index contributed by atoms with van der Waals surface area (Å²) in [5, 5.41) is 3.73. The first kappa shape index (κ1) is 10.4. The average Bonchev–Trinajstić information content (AvgIpc) is 2.87. The molecule has 0 spiro atoms. The van der Waals surface area contributed by atoms with Gasteiger partial charge in [0.15, 0.2) is 0 Å². The molecule has 2 aliphatic rings. The molecule has 1 saturated carbocycles. The van der Waals surface area contributed by atoms with Crippen LogP contribution in [-0.2, 0) is 0 Å². The molecule has 0 amide bonds. The first-order valence-electron chi connectivity index (χ1n) is 6.37. The largest absolute Gasteiger partial charge is 0.310 e. The zero-order chi connectivity index (χ0) is 9.80. The number of hydrogen-bond acceptors (Lipinski definition) is 2. The second-order valence-corrected chi connectivity index (χ2v) is 4.93. The van der Waals surface area contributed by atoms with Gasteiger partial charge in [0.2, 0.25) is 0 Å². The van der Waals surface area contributed by atoms with E-state index in [1.54, 1.807) is 0 Å². The van der Waals surface area contributed by atoms with Crippen molar-refractivity contribution in [3.8, 4) is 0 Å². The molecule has 0 aromatic carbocycles. The molecule has 1 aliphatic heterocycles. The van der Waals surface area contributed by atoms with Crippen LogP contribution in [0.3, 0.4) is 0 Å². The SMILES string of the molecule is CCCCCN1CCC(NC2CC2)C1. The number of likely N-dealkylation sites (tertiary alicyclic amines) is 1. The summed E-state index contributed by atoms with van der Waals surface area (Å²) >= 11 is 0. The van der Waals surface area contributed by atoms with Crippen LogP contribution in [0, 0.1) is 0 Å². The van der Waals surface area contributed by atoms with E-state index in [0.29, 0.717) is 0 Å². The van der Waals surface area contributed by atoms with E-state index in [-0.39, 0.29) is 0 Å². The van der Waals surface area contributed by atoms with Gasteiger partial charge in [-0.3, -0.25) is 0 Å². The first-order valence-corrected chi connectivity index (χ1v) is 6.37. The van der Waals surface area contributed by atoms with Crippen LogP contribution in [0.1, 0.15) is 45.4 Å². The van der Waals surface area contributed by atoms with E-state index in [0.717, 1.165) is 12.1 Å². The highest BCUT2D eigenvalue weighted by Gasteiger charge is 2.28. The lowest BCUT2D eigenvalue weighted by Crippen LogP contribution is -2.34. The molecule has 1 atom stereocenters. The zero-order valence-corrected chi connectivity index (χ0v) is 9.47. The van der Waals surface area contributed by atoms with Crippen molar-refractivity contribution in [2.24, 2.45) is 0 Å². The van der Waals surface area contributed by atoms with Crippen molar-refractivity contribution in [2.45, 2.75) is 57.5 Å². The summed E-state index contributed by atoms with van der Waals surface area (Å²) in [6, 6.07) is 1.69. The Kier molecular flexibility index (Phi) is 3.82. The molecule has 14 heavy (non-hydrogen) atoms. The molecule has 0 radical (unpaired) electrons. The van der Waals surface area contributed by atoms with E-state index in [1.165, 1.54) is 58.2 Å². The van der Waals surface area contributed by atoms with Gasteiger partial charge in [0.05, 0.1) is 0 Å². The minimum atomic E-state index is 0.809. The second-order valence-electron chi connectivity index (χ2n) is 4.93. The van der Waals surface area contributed by atoms with E-state index >= 15 is 0 Å². The van der Waals surface area contributed by atoms with Crippen molar-refractivity contribution in [2.75, 3.05) is 19.6 Å². The third-order valence-electron chi connectivity index (χ3n) is 3.40. The van der Waals surface area contributed by atoms with Crippen LogP contribution in [0.5, 0.6) is 0 Å². The van der Waals surface area contributed by atoms with E-state index in [1.807, 2.05) is 0 Å². The van der Waals surface area contributed by atoms with Gasteiger partial charge in [0.1, 0.15) is 0 Å². The number of rotatable bonds is 6. The molecule has 2 heteroatoms. The standard InChI is InChI=1S/C12H24N2/c1-2-3-4-8-14-9-7-12(10-14)13-11-5-6-11/h11-13H,2-10H2,1H3. The minimum Gasteiger partial charge on any atom is -0.310 e. The van der Waals surface area contributed by atoms with Gasteiger partial charge in [-0.05, 0) is 38.8 Å². The highest BCUT2D eigenvalue weighted by molar-refractivity contribution is 4.89. The fourth-order valence-electron chi connectivity index (χ4n) is 2.34. The Morgan fingerprint density at radius 1 is 1.14 bits per heavy atom. The van der Waals surface area contributed by atoms with Crippen molar-refractivity contribution in [3.05, 3.63) is 0 Å². The summed E-state index contributed by atoms with van der Waals surface area (Å²) in [5.74, 6) is 0. The first-order chi connectivity index (χ1) is 6.88. The third kappa shape index (κ3) is 3.25. The van der Waals surface area contributed by atoms with Crippen LogP contribution in [0.4, 0.5) is 0 Å². The topological polar surface area (TPSA) is 15.3 Å². The fraction of sp³-hybridized carbons (Fsp3) is 1.00. The number of hydrogen-bond donors (Lipinski definition) is 1. The maximum absolute atomic E-state index is 3.73. The predicted octanol–water partition coefficient (Wildman–Crippen LogP) is 2.00. The summed E-state index contributed by atoms with van der Waals surface area (Å²) in [7, 11) is 0. The molecule has 0 bridgehead atoms. The molecule has 82 valence electrons. The normalized spacial score (nSPS) is 28.5. The van der Waals surface area contributed by atoms with Gasteiger partial charge in [-0.25, -0.2) is 0 Å². The van der Waals surface area contributed by atoms with Crippen LogP contribution < -0.4 is 5.32 Å². The quantitative estimate of drug-likeness (QED) is 0.654. The molecule has 1 N–H and O–H groups in total. The second kappa shape index (κ2) is 5.13. The van der Waals surface area contributed by atoms with Crippen molar-refractivity contribution < 1.29 is 0 Å². The van der Waals surface area contributed by atoms with Gasteiger partial charge in [-0.1, -0.05) is 19.8 Å². The fourth-order valence-corrected chi connectivity index (χ4v) is 2.34. The summed E-state index contributed by atoms with van der Waals surface area (Å²) < 4.78 is 0. The summed E-state index contributed by atoms with van der Waals surface area (Å²) in [6.07, 6.45) is 8.36. The Labute approximate surface area is 88.1 Å². The lowest BCUT2D eigenvalue weighted by molar-refractivity contribution is 0.319. The Morgan fingerprint density at radius 2 is 2.00 bits per heavy atom. The van der Waals surface area contributed by atoms with Crippen LogP contribution in [0.25, 0.3) is 0 Å². The van der Waals surface area contributed by atoms with Crippen LogP contribution in [-0.4, -0.2) is 36.6 Å². The average molecular weight is 196 g/mol. The Morgan fingerprint density at radius 3 is 2.71 bits per heavy atom. The Bertz CT molecular complexity index is 166. The van der Waals surface area contributed by atoms with Gasteiger partial charge >= 0.3 is 0 Å². The summed E-state index contributed by atoms with van der Waals surface area (Å²) in [4.78, 5) is 2.63. The van der Waals surface area contributed by atoms with E-state index < -0.39 is 0 Å². The maximum Gasteiger partial charge on any atom is 0.0209 e. The van der Waals surface area contributed by atoms with Gasteiger partial charge in [0.25, 0.3) is 0 Å². The molecular weight excluding hydrogens is 172 g/mol. The van der Waals surface area contributed by atoms with Gasteiger partial charge in [-0.2, -0.15) is 0 Å². The highest BCUT2D eigenvalue weighted by atomic mass is 15.2. The number of unbranched alkanes of at least 4 members (excludes halogenated alkanes) is 2. The number of nitrogens with zero attached hydrogens (tertiary/aromatic N) is 1. The van der Waals surface area contributed by atoms with E-state index in [2.05, 4.69) is 17.1 Å². The smallest absolute Gasteiger partial charge is 0.0209 e. The summed E-state index contributed by atoms with van der Waals surface area (Å²) in [5.41, 5.74) is 0. The number of nitrogens with one attached hydrogen (secondary N) is 1. The van der Waals surface area contributed by atoms with Gasteiger partial charge < -0.3 is 10.2 Å². The third-order valence-corrected chi connectivity index (χ3v) is 3.40.